The summed E-state index contributed by atoms with van der Waals surface area (Å²) >= 11 is 1.44. The van der Waals surface area contributed by atoms with Crippen LogP contribution in [0.3, 0.4) is 0 Å². The number of carbonyl (C=O) groups excluding carboxylic acids is 2. The fourth-order valence-corrected chi connectivity index (χ4v) is 4.75. The van der Waals surface area contributed by atoms with Gasteiger partial charge in [-0.3, -0.25) is 9.59 Å². The third kappa shape index (κ3) is 3.70. The van der Waals surface area contributed by atoms with Gasteiger partial charge in [0.05, 0.1) is 18.9 Å². The van der Waals surface area contributed by atoms with Crippen LogP contribution in [0, 0.1) is 0 Å². The van der Waals surface area contributed by atoms with Gasteiger partial charge in [-0.25, -0.2) is 0 Å². The van der Waals surface area contributed by atoms with Crippen LogP contribution in [0.5, 0.6) is 0 Å². The van der Waals surface area contributed by atoms with Gasteiger partial charge in [-0.05, 0) is 19.1 Å². The van der Waals surface area contributed by atoms with Crippen molar-refractivity contribution in [3.8, 4) is 0 Å². The second-order valence-electron chi connectivity index (χ2n) is 6.78. The second-order valence-corrected chi connectivity index (χ2v) is 7.92. The van der Waals surface area contributed by atoms with Gasteiger partial charge in [0.15, 0.2) is 5.78 Å². The van der Waals surface area contributed by atoms with Crippen LogP contribution in [0.4, 0.5) is 5.69 Å². The molecule has 0 aromatic heterocycles. The van der Waals surface area contributed by atoms with Crippen LogP contribution in [-0.2, 0) is 9.53 Å². The Labute approximate surface area is 168 Å². The highest BCUT2D eigenvalue weighted by Crippen LogP contribution is 2.40. The molecule has 2 aromatic rings. The molecular formula is C22H22N2O3S. The summed E-state index contributed by atoms with van der Waals surface area (Å²) in [5.41, 5.74) is 2.79. The SMILES string of the molecule is C/C(=C(/C(=O)c1ccccc1)C1Sc2ccccc2NC1=O)N1CCOCC1. The lowest BCUT2D eigenvalue weighted by Gasteiger charge is -2.33. The molecular weight excluding hydrogens is 372 g/mol. The third-order valence-corrected chi connectivity index (χ3v) is 6.34. The van der Waals surface area contributed by atoms with Crippen molar-refractivity contribution in [1.29, 1.82) is 0 Å². The number of Topliss-reactive ketones (excluding diaryl/α,β-unsaturated/α-hetero) is 1. The van der Waals surface area contributed by atoms with E-state index in [1.807, 2.05) is 49.4 Å². The number of morpholine rings is 1. The number of nitrogens with one attached hydrogen (secondary N) is 1. The van der Waals surface area contributed by atoms with Gasteiger partial charge in [-0.1, -0.05) is 42.5 Å². The molecule has 0 bridgehead atoms. The minimum atomic E-state index is -0.592. The van der Waals surface area contributed by atoms with E-state index in [1.165, 1.54) is 11.8 Å². The average Bonchev–Trinajstić information content (AvgIpc) is 2.75. The summed E-state index contributed by atoms with van der Waals surface area (Å²) in [5.74, 6) is -0.257. The Morgan fingerprint density at radius 1 is 1.07 bits per heavy atom. The molecule has 1 saturated heterocycles. The van der Waals surface area contributed by atoms with Crippen molar-refractivity contribution < 1.29 is 14.3 Å². The molecule has 0 spiro atoms. The van der Waals surface area contributed by atoms with Crippen LogP contribution < -0.4 is 5.32 Å². The molecule has 144 valence electrons. The molecule has 1 atom stereocenters. The highest BCUT2D eigenvalue weighted by Gasteiger charge is 2.36. The van der Waals surface area contributed by atoms with Gasteiger partial charge in [0, 0.05) is 34.8 Å². The molecule has 6 heteroatoms. The molecule has 2 aliphatic heterocycles. The molecule has 0 saturated carbocycles. The number of amides is 1. The van der Waals surface area contributed by atoms with Crippen molar-refractivity contribution >= 4 is 29.1 Å². The number of allylic oxidation sites excluding steroid dienone is 1. The lowest BCUT2D eigenvalue weighted by Crippen LogP contribution is -2.39. The number of ether oxygens (including phenoxy) is 1. The molecule has 2 aliphatic rings. The first kappa shape index (κ1) is 18.8. The smallest absolute Gasteiger partial charge is 0.242 e. The van der Waals surface area contributed by atoms with Gasteiger partial charge in [0.25, 0.3) is 0 Å². The minimum Gasteiger partial charge on any atom is -0.378 e. The zero-order valence-corrected chi connectivity index (χ0v) is 16.5. The maximum atomic E-state index is 13.5. The van der Waals surface area contributed by atoms with Gasteiger partial charge in [-0.15, -0.1) is 11.8 Å². The van der Waals surface area contributed by atoms with E-state index < -0.39 is 5.25 Å². The van der Waals surface area contributed by atoms with E-state index in [-0.39, 0.29) is 11.7 Å². The first-order valence-electron chi connectivity index (χ1n) is 9.35. The number of rotatable bonds is 4. The van der Waals surface area contributed by atoms with E-state index in [0.29, 0.717) is 37.4 Å². The van der Waals surface area contributed by atoms with Gasteiger partial charge in [0.2, 0.25) is 5.91 Å². The zero-order chi connectivity index (χ0) is 19.5. The first-order chi connectivity index (χ1) is 13.6. The molecule has 1 N–H and O–H groups in total. The largest absolute Gasteiger partial charge is 0.378 e. The van der Waals surface area contributed by atoms with Gasteiger partial charge in [0.1, 0.15) is 5.25 Å². The Balaban J connectivity index is 1.77. The van der Waals surface area contributed by atoms with Gasteiger partial charge < -0.3 is 15.0 Å². The Morgan fingerprint density at radius 2 is 1.75 bits per heavy atom. The highest BCUT2D eigenvalue weighted by atomic mass is 32.2. The Kier molecular flexibility index (Phi) is 5.50. The molecule has 2 aromatic carbocycles. The first-order valence-corrected chi connectivity index (χ1v) is 10.2. The highest BCUT2D eigenvalue weighted by molar-refractivity contribution is 8.01. The summed E-state index contributed by atoms with van der Waals surface area (Å²) < 4.78 is 5.45. The summed E-state index contributed by atoms with van der Waals surface area (Å²) in [6.07, 6.45) is 0. The van der Waals surface area contributed by atoms with Crippen molar-refractivity contribution in [2.75, 3.05) is 31.6 Å². The van der Waals surface area contributed by atoms with Crippen molar-refractivity contribution in [2.24, 2.45) is 0 Å². The molecule has 0 aliphatic carbocycles. The third-order valence-electron chi connectivity index (χ3n) is 5.05. The number of ketones is 1. The molecule has 5 nitrogen and oxygen atoms in total. The van der Waals surface area contributed by atoms with Crippen molar-refractivity contribution in [1.82, 2.24) is 4.90 Å². The Bertz CT molecular complexity index is 920. The Hall–Kier alpha value is -2.57. The fourth-order valence-electron chi connectivity index (χ4n) is 3.53. The maximum absolute atomic E-state index is 13.5. The lowest BCUT2D eigenvalue weighted by molar-refractivity contribution is -0.115. The van der Waals surface area contributed by atoms with Crippen LogP contribution in [0.15, 0.2) is 70.8 Å². The molecule has 28 heavy (non-hydrogen) atoms. The topological polar surface area (TPSA) is 58.6 Å². The summed E-state index contributed by atoms with van der Waals surface area (Å²) in [7, 11) is 0. The van der Waals surface area contributed by atoms with E-state index in [0.717, 1.165) is 16.3 Å². The van der Waals surface area contributed by atoms with E-state index >= 15 is 0 Å². The summed E-state index contributed by atoms with van der Waals surface area (Å²) in [5, 5.41) is 2.37. The summed E-state index contributed by atoms with van der Waals surface area (Å²) in [4.78, 5) is 29.6. The number of fused-ring (bicyclic) bond motifs is 1. The molecule has 1 amide bonds. The number of thioether (sulfide) groups is 1. The standard InChI is InChI=1S/C22H22N2O3S/c1-15(24-11-13-27-14-12-24)19(20(25)16-7-3-2-4-8-16)21-22(26)23-17-9-5-6-10-18(17)28-21/h2-10,21H,11-14H2,1H3,(H,23,26)/b19-15+. The van der Waals surface area contributed by atoms with Gasteiger partial charge in [-0.2, -0.15) is 0 Å². The molecule has 4 rings (SSSR count). The average molecular weight is 394 g/mol. The maximum Gasteiger partial charge on any atom is 0.242 e. The summed E-state index contributed by atoms with van der Waals surface area (Å²) in [6.45, 7) is 4.61. The van der Waals surface area contributed by atoms with E-state index in [4.69, 9.17) is 4.74 Å². The predicted octanol–water partition coefficient (Wildman–Crippen LogP) is 3.59. The second kappa shape index (κ2) is 8.20. The predicted molar refractivity (Wildman–Crippen MR) is 111 cm³/mol. The number of hydrogen-bond acceptors (Lipinski definition) is 5. The van der Waals surface area contributed by atoms with Crippen LogP contribution in [-0.4, -0.2) is 48.1 Å². The van der Waals surface area contributed by atoms with E-state index in [9.17, 15) is 9.59 Å². The van der Waals surface area contributed by atoms with E-state index in [1.54, 1.807) is 12.1 Å². The summed E-state index contributed by atoms with van der Waals surface area (Å²) in [6, 6.07) is 16.9. The molecule has 1 unspecified atom stereocenters. The lowest BCUT2D eigenvalue weighted by atomic mass is 9.97. The van der Waals surface area contributed by atoms with Gasteiger partial charge >= 0.3 is 0 Å². The van der Waals surface area contributed by atoms with E-state index in [2.05, 4.69) is 10.2 Å². The van der Waals surface area contributed by atoms with Crippen molar-refractivity contribution in [3.63, 3.8) is 0 Å². The Morgan fingerprint density at radius 3 is 2.50 bits per heavy atom. The molecule has 0 radical (unpaired) electrons. The number of hydrogen-bond donors (Lipinski definition) is 1. The quantitative estimate of drug-likeness (QED) is 0.634. The molecule has 1 fully saturated rings. The number of anilines is 1. The molecule has 2 heterocycles. The fraction of sp³-hybridized carbons (Fsp3) is 0.273. The van der Waals surface area contributed by atoms with Crippen molar-refractivity contribution in [2.45, 2.75) is 17.1 Å². The number of carbonyl (C=O) groups is 2. The van der Waals surface area contributed by atoms with Crippen LogP contribution >= 0.6 is 11.8 Å². The van der Waals surface area contributed by atoms with Crippen LogP contribution in [0.25, 0.3) is 0 Å². The number of benzene rings is 2. The number of para-hydroxylation sites is 1. The van der Waals surface area contributed by atoms with Crippen LogP contribution in [0.1, 0.15) is 17.3 Å². The monoisotopic (exact) mass is 394 g/mol. The van der Waals surface area contributed by atoms with Crippen molar-refractivity contribution in [3.05, 3.63) is 71.4 Å². The minimum absolute atomic E-state index is 0.100. The normalized spacial score (nSPS) is 20.1. The number of nitrogens with zero attached hydrogens (tertiary/aromatic N) is 1. The van der Waals surface area contributed by atoms with Crippen LogP contribution in [0.2, 0.25) is 0 Å². The zero-order valence-electron chi connectivity index (χ0n) is 15.7.